The van der Waals surface area contributed by atoms with Crippen LogP contribution in [0.25, 0.3) is 11.0 Å². The van der Waals surface area contributed by atoms with Crippen LogP contribution in [0.2, 0.25) is 0 Å². The lowest BCUT2D eigenvalue weighted by Gasteiger charge is -2.11. The Bertz CT molecular complexity index is 504. The number of para-hydroxylation sites is 1. The number of rotatable bonds is 6. The SMILES string of the molecule is CCCC(NC)c1cc2cccc(OCC)c2o1. The lowest BCUT2D eigenvalue weighted by atomic mass is 10.1. The molecule has 3 heteroatoms. The Labute approximate surface area is 108 Å². The van der Waals surface area contributed by atoms with Gasteiger partial charge in [-0.05, 0) is 32.5 Å². The van der Waals surface area contributed by atoms with E-state index < -0.39 is 0 Å². The van der Waals surface area contributed by atoms with Crippen molar-refractivity contribution in [1.82, 2.24) is 5.32 Å². The van der Waals surface area contributed by atoms with Gasteiger partial charge in [0.25, 0.3) is 0 Å². The highest BCUT2D eigenvalue weighted by molar-refractivity contribution is 5.83. The zero-order chi connectivity index (χ0) is 13.0. The van der Waals surface area contributed by atoms with Crippen molar-refractivity contribution in [2.24, 2.45) is 0 Å². The van der Waals surface area contributed by atoms with Crippen LogP contribution in [-0.4, -0.2) is 13.7 Å². The van der Waals surface area contributed by atoms with Gasteiger partial charge < -0.3 is 14.5 Å². The van der Waals surface area contributed by atoms with Crippen molar-refractivity contribution in [2.75, 3.05) is 13.7 Å². The van der Waals surface area contributed by atoms with Crippen LogP contribution in [0.3, 0.4) is 0 Å². The molecule has 1 aromatic heterocycles. The van der Waals surface area contributed by atoms with Crippen molar-refractivity contribution < 1.29 is 9.15 Å². The van der Waals surface area contributed by atoms with Gasteiger partial charge in [0.05, 0.1) is 12.6 Å². The monoisotopic (exact) mass is 247 g/mol. The molecule has 1 aromatic carbocycles. The first-order valence-corrected chi connectivity index (χ1v) is 6.62. The van der Waals surface area contributed by atoms with Crippen molar-refractivity contribution in [1.29, 1.82) is 0 Å². The molecule has 0 bridgehead atoms. The van der Waals surface area contributed by atoms with Crippen LogP contribution in [0.1, 0.15) is 38.5 Å². The number of ether oxygens (including phenoxy) is 1. The Hall–Kier alpha value is -1.48. The topological polar surface area (TPSA) is 34.4 Å². The van der Waals surface area contributed by atoms with Gasteiger partial charge in [0.1, 0.15) is 5.76 Å². The van der Waals surface area contributed by atoms with Gasteiger partial charge in [-0.3, -0.25) is 0 Å². The average Bonchev–Trinajstić information content (AvgIpc) is 2.81. The number of hydrogen-bond donors (Lipinski definition) is 1. The molecule has 0 fully saturated rings. The summed E-state index contributed by atoms with van der Waals surface area (Å²) in [6, 6.07) is 8.39. The highest BCUT2D eigenvalue weighted by Crippen LogP contribution is 2.32. The Balaban J connectivity index is 2.39. The summed E-state index contributed by atoms with van der Waals surface area (Å²) in [7, 11) is 1.97. The van der Waals surface area contributed by atoms with E-state index >= 15 is 0 Å². The van der Waals surface area contributed by atoms with Crippen LogP contribution in [0.5, 0.6) is 5.75 Å². The highest BCUT2D eigenvalue weighted by Gasteiger charge is 2.15. The van der Waals surface area contributed by atoms with E-state index in [4.69, 9.17) is 9.15 Å². The van der Waals surface area contributed by atoms with E-state index in [0.717, 1.165) is 35.3 Å². The van der Waals surface area contributed by atoms with E-state index in [2.05, 4.69) is 24.4 Å². The maximum Gasteiger partial charge on any atom is 0.176 e. The molecule has 18 heavy (non-hydrogen) atoms. The molecule has 1 atom stereocenters. The van der Waals surface area contributed by atoms with Crippen LogP contribution < -0.4 is 10.1 Å². The zero-order valence-corrected chi connectivity index (χ0v) is 11.3. The van der Waals surface area contributed by atoms with E-state index in [-0.39, 0.29) is 6.04 Å². The second kappa shape index (κ2) is 5.91. The number of hydrogen-bond acceptors (Lipinski definition) is 3. The maximum atomic E-state index is 5.97. The fourth-order valence-electron chi connectivity index (χ4n) is 2.21. The number of benzene rings is 1. The van der Waals surface area contributed by atoms with Gasteiger partial charge in [-0.2, -0.15) is 0 Å². The third kappa shape index (κ3) is 2.51. The van der Waals surface area contributed by atoms with Crippen molar-refractivity contribution in [3.8, 4) is 5.75 Å². The number of fused-ring (bicyclic) bond motifs is 1. The van der Waals surface area contributed by atoms with Gasteiger partial charge in [-0.15, -0.1) is 0 Å². The van der Waals surface area contributed by atoms with E-state index in [1.807, 2.05) is 26.1 Å². The fraction of sp³-hybridized carbons (Fsp3) is 0.467. The smallest absolute Gasteiger partial charge is 0.176 e. The van der Waals surface area contributed by atoms with E-state index in [1.165, 1.54) is 0 Å². The summed E-state index contributed by atoms with van der Waals surface area (Å²) in [5.41, 5.74) is 0.853. The van der Waals surface area contributed by atoms with Gasteiger partial charge in [-0.1, -0.05) is 25.5 Å². The second-order valence-corrected chi connectivity index (χ2v) is 4.39. The van der Waals surface area contributed by atoms with Crippen molar-refractivity contribution in [3.05, 3.63) is 30.0 Å². The minimum atomic E-state index is 0.275. The molecule has 1 N–H and O–H groups in total. The molecule has 3 nitrogen and oxygen atoms in total. The molecule has 98 valence electrons. The summed E-state index contributed by atoms with van der Waals surface area (Å²) in [5.74, 6) is 1.81. The van der Waals surface area contributed by atoms with E-state index in [0.29, 0.717) is 6.61 Å². The first-order chi connectivity index (χ1) is 8.80. The largest absolute Gasteiger partial charge is 0.490 e. The van der Waals surface area contributed by atoms with Crippen LogP contribution in [0, 0.1) is 0 Å². The predicted molar refractivity (Wildman–Crippen MR) is 74.1 cm³/mol. The van der Waals surface area contributed by atoms with Crippen molar-refractivity contribution in [3.63, 3.8) is 0 Å². The van der Waals surface area contributed by atoms with Gasteiger partial charge in [-0.25, -0.2) is 0 Å². The van der Waals surface area contributed by atoms with E-state index in [1.54, 1.807) is 0 Å². The standard InChI is InChI=1S/C15H21NO2/c1-4-7-12(16-3)14-10-11-8-6-9-13(17-5-2)15(11)18-14/h6,8-10,12,16H,4-5,7H2,1-3H3. The third-order valence-corrected chi connectivity index (χ3v) is 3.10. The summed E-state index contributed by atoms with van der Waals surface area (Å²) in [4.78, 5) is 0. The summed E-state index contributed by atoms with van der Waals surface area (Å²) in [6.45, 7) is 4.81. The molecule has 1 unspecified atom stereocenters. The third-order valence-electron chi connectivity index (χ3n) is 3.10. The Morgan fingerprint density at radius 2 is 2.17 bits per heavy atom. The molecule has 2 aromatic rings. The molecule has 2 rings (SSSR count). The molecule has 0 saturated heterocycles. The summed E-state index contributed by atoms with van der Waals surface area (Å²) in [6.07, 6.45) is 2.20. The Morgan fingerprint density at radius 1 is 1.33 bits per heavy atom. The molecule has 0 aliphatic rings. The molecule has 0 radical (unpaired) electrons. The van der Waals surface area contributed by atoms with Crippen LogP contribution in [-0.2, 0) is 0 Å². The molecule has 0 aliphatic heterocycles. The molecule has 0 saturated carbocycles. The molecule has 0 aliphatic carbocycles. The average molecular weight is 247 g/mol. The fourth-order valence-corrected chi connectivity index (χ4v) is 2.21. The lowest BCUT2D eigenvalue weighted by Crippen LogP contribution is -2.15. The van der Waals surface area contributed by atoms with Gasteiger partial charge in [0, 0.05) is 5.39 Å². The summed E-state index contributed by atoms with van der Waals surface area (Å²) >= 11 is 0. The highest BCUT2D eigenvalue weighted by atomic mass is 16.5. The van der Waals surface area contributed by atoms with Gasteiger partial charge in [0.2, 0.25) is 0 Å². The van der Waals surface area contributed by atoms with Crippen LogP contribution in [0.15, 0.2) is 28.7 Å². The Kier molecular flexibility index (Phi) is 4.26. The second-order valence-electron chi connectivity index (χ2n) is 4.39. The van der Waals surface area contributed by atoms with Gasteiger partial charge >= 0.3 is 0 Å². The summed E-state index contributed by atoms with van der Waals surface area (Å²) in [5, 5.41) is 4.40. The normalized spacial score (nSPS) is 12.8. The molecular formula is C15H21NO2. The first kappa shape index (κ1) is 13.0. The lowest BCUT2D eigenvalue weighted by molar-refractivity contribution is 0.335. The zero-order valence-electron chi connectivity index (χ0n) is 11.3. The van der Waals surface area contributed by atoms with Crippen LogP contribution in [0.4, 0.5) is 0 Å². The minimum absolute atomic E-state index is 0.275. The van der Waals surface area contributed by atoms with Crippen molar-refractivity contribution >= 4 is 11.0 Å². The predicted octanol–water partition coefficient (Wildman–Crippen LogP) is 3.89. The van der Waals surface area contributed by atoms with Crippen molar-refractivity contribution in [2.45, 2.75) is 32.7 Å². The molecule has 1 heterocycles. The molecular weight excluding hydrogens is 226 g/mol. The quantitative estimate of drug-likeness (QED) is 0.840. The minimum Gasteiger partial charge on any atom is -0.490 e. The molecule has 0 amide bonds. The number of furan rings is 1. The molecule has 0 spiro atoms. The maximum absolute atomic E-state index is 5.97. The van der Waals surface area contributed by atoms with Crippen LogP contribution >= 0.6 is 0 Å². The first-order valence-electron chi connectivity index (χ1n) is 6.62. The van der Waals surface area contributed by atoms with Gasteiger partial charge in [0.15, 0.2) is 11.3 Å². The number of nitrogens with one attached hydrogen (secondary N) is 1. The summed E-state index contributed by atoms with van der Waals surface area (Å²) < 4.78 is 11.6. The van der Waals surface area contributed by atoms with E-state index in [9.17, 15) is 0 Å². The Morgan fingerprint density at radius 3 is 2.83 bits per heavy atom.